The summed E-state index contributed by atoms with van der Waals surface area (Å²) in [5.74, 6) is 0.968. The molecule has 2 nitrogen and oxygen atoms in total. The first-order valence-electron chi connectivity index (χ1n) is 5.14. The van der Waals surface area contributed by atoms with Gasteiger partial charge in [-0.05, 0) is 18.8 Å². The molecule has 0 unspecified atom stereocenters. The van der Waals surface area contributed by atoms with Gasteiger partial charge in [0, 0.05) is 32.1 Å². The molecule has 1 fully saturated rings. The molecule has 1 aliphatic carbocycles. The zero-order valence-corrected chi connectivity index (χ0v) is 10.1. The van der Waals surface area contributed by atoms with E-state index in [0.717, 1.165) is 30.9 Å². The summed E-state index contributed by atoms with van der Waals surface area (Å²) in [4.78, 5) is 2.50. The first-order chi connectivity index (χ1) is 6.36. The van der Waals surface area contributed by atoms with Gasteiger partial charge >= 0.3 is 0 Å². The molecule has 0 radical (unpaired) electrons. The molecule has 0 aromatic carbocycles. The van der Waals surface area contributed by atoms with Gasteiger partial charge < -0.3 is 4.74 Å². The maximum absolute atomic E-state index is 5.09. The van der Waals surface area contributed by atoms with Gasteiger partial charge in [0.1, 0.15) is 0 Å². The zero-order valence-electron chi connectivity index (χ0n) is 8.47. The molecule has 0 saturated heterocycles. The molecule has 0 aliphatic heterocycles. The maximum atomic E-state index is 5.09. The van der Waals surface area contributed by atoms with Gasteiger partial charge in [0.2, 0.25) is 0 Å². The number of ether oxygens (including phenoxy) is 1. The van der Waals surface area contributed by atoms with Crippen LogP contribution in [0.5, 0.6) is 0 Å². The van der Waals surface area contributed by atoms with Crippen LogP contribution in [0.4, 0.5) is 0 Å². The Morgan fingerprint density at radius 1 is 1.38 bits per heavy atom. The molecule has 1 saturated carbocycles. The van der Waals surface area contributed by atoms with Crippen molar-refractivity contribution in [1.82, 2.24) is 4.90 Å². The Labute approximate surface area is 89.8 Å². The van der Waals surface area contributed by atoms with Gasteiger partial charge in [-0.1, -0.05) is 22.4 Å². The quantitative estimate of drug-likeness (QED) is 0.642. The Balaban J connectivity index is 2.11. The van der Waals surface area contributed by atoms with Crippen LogP contribution in [0.2, 0.25) is 0 Å². The maximum Gasteiger partial charge on any atom is 0.0589 e. The largest absolute Gasteiger partial charge is 0.383 e. The summed E-state index contributed by atoms with van der Waals surface area (Å²) in [5, 5.41) is 1.07. The van der Waals surface area contributed by atoms with Crippen LogP contribution in [0.25, 0.3) is 0 Å². The van der Waals surface area contributed by atoms with Crippen molar-refractivity contribution in [3.8, 4) is 0 Å². The second kappa shape index (κ2) is 6.80. The average Bonchev–Trinajstić information content (AvgIpc) is 2.07. The van der Waals surface area contributed by atoms with E-state index in [0.29, 0.717) is 0 Å². The van der Waals surface area contributed by atoms with Crippen molar-refractivity contribution in [1.29, 1.82) is 0 Å². The molecule has 0 aromatic heterocycles. The summed E-state index contributed by atoms with van der Waals surface area (Å²) in [6, 6.07) is 0. The van der Waals surface area contributed by atoms with Crippen LogP contribution < -0.4 is 0 Å². The Morgan fingerprint density at radius 3 is 2.62 bits per heavy atom. The Kier molecular flexibility index (Phi) is 6.00. The van der Waals surface area contributed by atoms with Crippen molar-refractivity contribution in [3.63, 3.8) is 0 Å². The molecular weight excluding hydrogens is 230 g/mol. The highest BCUT2D eigenvalue weighted by Crippen LogP contribution is 2.26. The fourth-order valence-electron chi connectivity index (χ4n) is 1.67. The molecule has 0 N–H and O–H groups in total. The Hall–Kier alpha value is 0.400. The minimum absolute atomic E-state index is 0.861. The highest BCUT2D eigenvalue weighted by atomic mass is 79.9. The number of alkyl halides is 1. The summed E-state index contributed by atoms with van der Waals surface area (Å²) in [5.41, 5.74) is 0. The van der Waals surface area contributed by atoms with E-state index in [1.165, 1.54) is 25.8 Å². The van der Waals surface area contributed by atoms with Gasteiger partial charge in [0.25, 0.3) is 0 Å². The summed E-state index contributed by atoms with van der Waals surface area (Å²) in [6.45, 7) is 4.37. The highest BCUT2D eigenvalue weighted by molar-refractivity contribution is 9.09. The SMILES string of the molecule is COCCN(CCBr)CC1CCC1. The smallest absolute Gasteiger partial charge is 0.0589 e. The summed E-state index contributed by atoms with van der Waals surface area (Å²) < 4.78 is 5.09. The fraction of sp³-hybridized carbons (Fsp3) is 1.00. The lowest BCUT2D eigenvalue weighted by atomic mass is 9.85. The molecule has 0 aromatic rings. The lowest BCUT2D eigenvalue weighted by molar-refractivity contribution is 0.125. The van der Waals surface area contributed by atoms with Crippen LogP contribution in [-0.4, -0.2) is 43.6 Å². The lowest BCUT2D eigenvalue weighted by Crippen LogP contribution is -2.36. The minimum atomic E-state index is 0.861. The van der Waals surface area contributed by atoms with Gasteiger partial charge in [0.05, 0.1) is 6.61 Å². The van der Waals surface area contributed by atoms with Crippen LogP contribution in [0, 0.1) is 5.92 Å². The second-order valence-corrected chi connectivity index (χ2v) is 4.57. The predicted molar refractivity (Wildman–Crippen MR) is 59.5 cm³/mol. The molecule has 1 aliphatic rings. The third-order valence-electron chi connectivity index (χ3n) is 2.75. The molecule has 3 heteroatoms. The average molecular weight is 250 g/mol. The number of nitrogens with zero attached hydrogens (tertiary/aromatic N) is 1. The van der Waals surface area contributed by atoms with E-state index in [2.05, 4.69) is 20.8 Å². The molecule has 0 bridgehead atoms. The standard InChI is InChI=1S/C10H20BrNO/c1-13-8-7-12(6-5-11)9-10-3-2-4-10/h10H,2-9H2,1H3. The zero-order chi connectivity index (χ0) is 9.52. The molecule has 1 rings (SSSR count). The number of hydrogen-bond donors (Lipinski definition) is 0. The third-order valence-corrected chi connectivity index (χ3v) is 3.11. The third kappa shape index (κ3) is 4.43. The van der Waals surface area contributed by atoms with Crippen molar-refractivity contribution in [3.05, 3.63) is 0 Å². The molecule has 0 heterocycles. The topological polar surface area (TPSA) is 12.5 Å². The van der Waals surface area contributed by atoms with Crippen LogP contribution in [0.15, 0.2) is 0 Å². The van der Waals surface area contributed by atoms with Gasteiger partial charge in [-0.25, -0.2) is 0 Å². The number of rotatable bonds is 7. The van der Waals surface area contributed by atoms with Gasteiger partial charge in [-0.3, -0.25) is 4.90 Å². The van der Waals surface area contributed by atoms with Gasteiger partial charge in [-0.2, -0.15) is 0 Å². The summed E-state index contributed by atoms with van der Waals surface area (Å²) in [7, 11) is 1.77. The lowest BCUT2D eigenvalue weighted by Gasteiger charge is -2.31. The monoisotopic (exact) mass is 249 g/mol. The van der Waals surface area contributed by atoms with E-state index in [1.807, 2.05) is 0 Å². The second-order valence-electron chi connectivity index (χ2n) is 3.78. The number of hydrogen-bond acceptors (Lipinski definition) is 2. The van der Waals surface area contributed by atoms with Crippen LogP contribution in [-0.2, 0) is 4.74 Å². The highest BCUT2D eigenvalue weighted by Gasteiger charge is 2.19. The van der Waals surface area contributed by atoms with Crippen LogP contribution in [0.1, 0.15) is 19.3 Å². The van der Waals surface area contributed by atoms with Crippen molar-refractivity contribution < 1.29 is 4.74 Å². The molecule has 0 amide bonds. The van der Waals surface area contributed by atoms with Crippen molar-refractivity contribution in [2.45, 2.75) is 19.3 Å². The first-order valence-corrected chi connectivity index (χ1v) is 6.26. The van der Waals surface area contributed by atoms with Crippen LogP contribution >= 0.6 is 15.9 Å². The molecule has 0 spiro atoms. The van der Waals surface area contributed by atoms with E-state index >= 15 is 0 Å². The first kappa shape index (κ1) is 11.5. The van der Waals surface area contributed by atoms with E-state index < -0.39 is 0 Å². The van der Waals surface area contributed by atoms with E-state index in [9.17, 15) is 0 Å². The molecule has 13 heavy (non-hydrogen) atoms. The number of methoxy groups -OCH3 is 1. The fourth-order valence-corrected chi connectivity index (χ4v) is 2.18. The van der Waals surface area contributed by atoms with Crippen LogP contribution in [0.3, 0.4) is 0 Å². The van der Waals surface area contributed by atoms with Crippen molar-refractivity contribution in [2.24, 2.45) is 5.92 Å². The minimum Gasteiger partial charge on any atom is -0.383 e. The van der Waals surface area contributed by atoms with Gasteiger partial charge in [0.15, 0.2) is 0 Å². The van der Waals surface area contributed by atoms with Crippen molar-refractivity contribution in [2.75, 3.05) is 38.7 Å². The Morgan fingerprint density at radius 2 is 2.15 bits per heavy atom. The molecule has 78 valence electrons. The van der Waals surface area contributed by atoms with Crippen molar-refractivity contribution >= 4 is 15.9 Å². The van der Waals surface area contributed by atoms with E-state index in [1.54, 1.807) is 7.11 Å². The van der Waals surface area contributed by atoms with E-state index in [-0.39, 0.29) is 0 Å². The summed E-state index contributed by atoms with van der Waals surface area (Å²) in [6.07, 6.45) is 4.31. The molecule has 0 atom stereocenters. The Bertz CT molecular complexity index is 128. The van der Waals surface area contributed by atoms with Gasteiger partial charge in [-0.15, -0.1) is 0 Å². The normalized spacial score (nSPS) is 17.8. The van der Waals surface area contributed by atoms with E-state index in [4.69, 9.17) is 4.74 Å². The number of halogens is 1. The summed E-state index contributed by atoms with van der Waals surface area (Å²) >= 11 is 3.49. The molecular formula is C10H20BrNO. The predicted octanol–water partition coefficient (Wildman–Crippen LogP) is 2.13.